The van der Waals surface area contributed by atoms with E-state index in [-0.39, 0.29) is 17.6 Å². The van der Waals surface area contributed by atoms with Crippen molar-refractivity contribution in [2.24, 2.45) is 0 Å². The van der Waals surface area contributed by atoms with Crippen molar-refractivity contribution < 1.29 is 18.7 Å². The van der Waals surface area contributed by atoms with Crippen LogP contribution in [0.15, 0.2) is 54.6 Å². The van der Waals surface area contributed by atoms with Crippen LogP contribution in [0.3, 0.4) is 0 Å². The van der Waals surface area contributed by atoms with E-state index in [1.165, 1.54) is 12.1 Å². The van der Waals surface area contributed by atoms with Crippen LogP contribution in [0.5, 0.6) is 0 Å². The van der Waals surface area contributed by atoms with E-state index >= 15 is 0 Å². The number of nitrogens with one attached hydrogen (secondary N) is 2. The zero-order valence-corrected chi connectivity index (χ0v) is 17.4. The number of pyridine rings is 1. The number of benzene rings is 2. The van der Waals surface area contributed by atoms with Gasteiger partial charge in [-0.25, -0.2) is 9.37 Å². The first-order valence-corrected chi connectivity index (χ1v) is 10.3. The van der Waals surface area contributed by atoms with E-state index in [9.17, 15) is 14.0 Å². The first-order chi connectivity index (χ1) is 15.5. The van der Waals surface area contributed by atoms with Gasteiger partial charge >= 0.3 is 0 Å². The maximum absolute atomic E-state index is 13.5. The number of rotatable bonds is 3. The molecule has 1 atom stereocenters. The highest BCUT2D eigenvalue weighted by molar-refractivity contribution is 6.06. The Morgan fingerprint density at radius 2 is 2.03 bits per heavy atom. The van der Waals surface area contributed by atoms with E-state index in [0.717, 1.165) is 5.39 Å². The molecule has 1 fully saturated rings. The lowest BCUT2D eigenvalue weighted by Gasteiger charge is -2.32. The summed E-state index contributed by atoms with van der Waals surface area (Å²) < 4.78 is 19.4. The van der Waals surface area contributed by atoms with E-state index < -0.39 is 6.10 Å². The number of ether oxygens (including phenoxy) is 1. The van der Waals surface area contributed by atoms with Gasteiger partial charge in [-0.15, -0.1) is 0 Å². The van der Waals surface area contributed by atoms with E-state index in [1.54, 1.807) is 30.1 Å². The van der Waals surface area contributed by atoms with E-state index in [1.807, 2.05) is 24.3 Å². The zero-order chi connectivity index (χ0) is 22.2. The quantitative estimate of drug-likeness (QED) is 0.519. The second-order valence-electron chi connectivity index (χ2n) is 7.72. The average molecular weight is 432 g/mol. The molecule has 3 heterocycles. The molecule has 0 saturated carbocycles. The Bertz CT molecular complexity index is 1350. The fourth-order valence-corrected chi connectivity index (χ4v) is 4.09. The molecule has 1 saturated heterocycles. The summed E-state index contributed by atoms with van der Waals surface area (Å²) in [6.07, 6.45) is -0.470. The van der Waals surface area contributed by atoms with Gasteiger partial charge in [-0.05, 0) is 36.4 Å². The predicted octanol–water partition coefficient (Wildman–Crippen LogP) is 3.43. The number of aromatic amines is 1. The molecule has 4 aromatic rings. The molecular formula is C24H21FN4O3. The minimum atomic E-state index is -0.470. The van der Waals surface area contributed by atoms with Gasteiger partial charge in [-0.2, -0.15) is 0 Å². The van der Waals surface area contributed by atoms with Crippen molar-refractivity contribution in [2.75, 3.05) is 26.7 Å². The molecule has 8 heteroatoms. The second-order valence-corrected chi connectivity index (χ2v) is 7.72. The molecule has 2 amide bonds. The highest BCUT2D eigenvalue weighted by Crippen LogP contribution is 2.27. The van der Waals surface area contributed by atoms with Crippen LogP contribution < -0.4 is 5.32 Å². The molecule has 162 valence electrons. The average Bonchev–Trinajstić information content (AvgIpc) is 3.25. The molecule has 0 unspecified atom stereocenters. The van der Waals surface area contributed by atoms with Crippen LogP contribution in [0.25, 0.3) is 21.8 Å². The minimum absolute atomic E-state index is 0.192. The smallest absolute Gasteiger partial charge is 0.270 e. The molecule has 7 nitrogen and oxygen atoms in total. The van der Waals surface area contributed by atoms with Crippen molar-refractivity contribution >= 4 is 33.6 Å². The lowest BCUT2D eigenvalue weighted by molar-refractivity contribution is -0.0247. The third kappa shape index (κ3) is 3.58. The standard InChI is InChI=1S/C24H21FN4O3/c1-26-23(30)17-12-20(28-19-5-3-2-4-16(17)19)22-13-29(8-9-32-22)24(31)21-11-14-10-15(25)6-7-18(14)27-21/h2-7,10-12,22,27H,8-9,13H2,1H3,(H,26,30)/t22-/m1/s1. The largest absolute Gasteiger partial charge is 0.368 e. The van der Waals surface area contributed by atoms with Crippen LogP contribution in [-0.2, 0) is 4.74 Å². The summed E-state index contributed by atoms with van der Waals surface area (Å²) in [5.41, 5.74) is 2.89. The number of carbonyl (C=O) groups is 2. The Labute approximate surface area is 183 Å². The number of aromatic nitrogens is 2. The number of hydrogen-bond acceptors (Lipinski definition) is 4. The summed E-state index contributed by atoms with van der Waals surface area (Å²) in [6, 6.07) is 15.2. The normalized spacial score (nSPS) is 16.4. The van der Waals surface area contributed by atoms with Crippen LogP contribution in [0, 0.1) is 5.82 Å². The zero-order valence-electron chi connectivity index (χ0n) is 17.4. The van der Waals surface area contributed by atoms with Crippen LogP contribution >= 0.6 is 0 Å². The molecule has 2 aromatic carbocycles. The minimum Gasteiger partial charge on any atom is -0.368 e. The summed E-state index contributed by atoms with van der Waals surface area (Å²) >= 11 is 0. The third-order valence-corrected chi connectivity index (χ3v) is 5.70. The number of amides is 2. The van der Waals surface area contributed by atoms with Gasteiger partial charge in [0.05, 0.1) is 29.9 Å². The number of carbonyl (C=O) groups excluding carboxylic acids is 2. The van der Waals surface area contributed by atoms with Crippen LogP contribution in [0.4, 0.5) is 4.39 Å². The predicted molar refractivity (Wildman–Crippen MR) is 118 cm³/mol. The van der Waals surface area contributed by atoms with Crippen molar-refractivity contribution in [3.63, 3.8) is 0 Å². The molecule has 2 aromatic heterocycles. The first-order valence-electron chi connectivity index (χ1n) is 10.3. The van der Waals surface area contributed by atoms with Gasteiger partial charge in [0.15, 0.2) is 0 Å². The van der Waals surface area contributed by atoms with Gasteiger partial charge < -0.3 is 19.9 Å². The molecule has 0 bridgehead atoms. The molecule has 0 radical (unpaired) electrons. The van der Waals surface area contributed by atoms with Crippen LogP contribution in [-0.4, -0.2) is 53.4 Å². The number of nitrogens with zero attached hydrogens (tertiary/aromatic N) is 2. The fraction of sp³-hybridized carbons (Fsp3) is 0.208. The van der Waals surface area contributed by atoms with Gasteiger partial charge in [0, 0.05) is 29.9 Å². The van der Waals surface area contributed by atoms with Gasteiger partial charge in [-0.1, -0.05) is 18.2 Å². The topological polar surface area (TPSA) is 87.3 Å². The molecule has 1 aliphatic rings. The summed E-state index contributed by atoms with van der Waals surface area (Å²) in [7, 11) is 1.58. The lowest BCUT2D eigenvalue weighted by Crippen LogP contribution is -2.42. The van der Waals surface area contributed by atoms with Gasteiger partial charge in [0.25, 0.3) is 11.8 Å². The SMILES string of the molecule is CNC(=O)c1cc([C@H]2CN(C(=O)c3cc4cc(F)ccc4[nH]3)CCO2)nc2ccccc12. The Hall–Kier alpha value is -3.78. The van der Waals surface area contributed by atoms with Crippen molar-refractivity contribution in [3.05, 3.63) is 77.4 Å². The van der Waals surface area contributed by atoms with Crippen LogP contribution in [0.2, 0.25) is 0 Å². The maximum Gasteiger partial charge on any atom is 0.270 e. The molecular weight excluding hydrogens is 411 g/mol. The van der Waals surface area contributed by atoms with Gasteiger partial charge in [-0.3, -0.25) is 9.59 Å². The van der Waals surface area contributed by atoms with Gasteiger partial charge in [0.1, 0.15) is 17.6 Å². The Morgan fingerprint density at radius 1 is 1.19 bits per heavy atom. The Kier molecular flexibility index (Phi) is 5.07. The molecule has 32 heavy (non-hydrogen) atoms. The number of hydrogen-bond donors (Lipinski definition) is 2. The molecule has 0 aliphatic carbocycles. The summed E-state index contributed by atoms with van der Waals surface area (Å²) in [5.74, 6) is -0.752. The van der Waals surface area contributed by atoms with E-state index in [4.69, 9.17) is 9.72 Å². The highest BCUT2D eigenvalue weighted by atomic mass is 19.1. The Morgan fingerprint density at radius 3 is 2.88 bits per heavy atom. The van der Waals surface area contributed by atoms with Gasteiger partial charge in [0.2, 0.25) is 0 Å². The monoisotopic (exact) mass is 432 g/mol. The lowest BCUT2D eigenvalue weighted by atomic mass is 10.0. The molecule has 1 aliphatic heterocycles. The molecule has 5 rings (SSSR count). The second kappa shape index (κ2) is 8.05. The molecule has 2 N–H and O–H groups in total. The van der Waals surface area contributed by atoms with Crippen molar-refractivity contribution in [3.8, 4) is 0 Å². The summed E-state index contributed by atoms with van der Waals surface area (Å²) in [6.45, 7) is 1.06. The maximum atomic E-state index is 13.5. The van der Waals surface area contributed by atoms with E-state index in [2.05, 4.69) is 10.3 Å². The van der Waals surface area contributed by atoms with E-state index in [0.29, 0.717) is 53.1 Å². The highest BCUT2D eigenvalue weighted by Gasteiger charge is 2.29. The summed E-state index contributed by atoms with van der Waals surface area (Å²) in [4.78, 5) is 35.0. The first kappa shape index (κ1) is 20.1. The third-order valence-electron chi connectivity index (χ3n) is 5.70. The fourth-order valence-electron chi connectivity index (χ4n) is 4.09. The number of H-pyrrole nitrogens is 1. The number of para-hydroxylation sites is 1. The van der Waals surface area contributed by atoms with Crippen LogP contribution in [0.1, 0.15) is 32.6 Å². The Balaban J connectivity index is 1.45. The van der Waals surface area contributed by atoms with Crippen molar-refractivity contribution in [1.29, 1.82) is 0 Å². The number of halogens is 1. The summed E-state index contributed by atoms with van der Waals surface area (Å²) in [5, 5.41) is 4.06. The molecule has 0 spiro atoms. The van der Waals surface area contributed by atoms with Crippen molar-refractivity contribution in [1.82, 2.24) is 20.2 Å². The number of morpholine rings is 1. The number of fused-ring (bicyclic) bond motifs is 2. The van der Waals surface area contributed by atoms with Crippen molar-refractivity contribution in [2.45, 2.75) is 6.10 Å².